The molecule has 0 amide bonds. The molecule has 2 nitrogen and oxygen atoms in total. The summed E-state index contributed by atoms with van der Waals surface area (Å²) in [6.07, 6.45) is -0.0707. The van der Waals surface area contributed by atoms with Crippen molar-refractivity contribution in [2.75, 3.05) is 0 Å². The zero-order chi connectivity index (χ0) is 19.4. The van der Waals surface area contributed by atoms with E-state index in [0.29, 0.717) is 35.5 Å². The molecule has 1 unspecified atom stereocenters. The first-order valence-electron chi connectivity index (χ1n) is 9.85. The van der Waals surface area contributed by atoms with Gasteiger partial charge in [0.2, 0.25) is 0 Å². The van der Waals surface area contributed by atoms with Crippen molar-refractivity contribution in [3.8, 4) is 6.07 Å². The number of benzene rings is 1. The van der Waals surface area contributed by atoms with Gasteiger partial charge in [-0.2, -0.15) is 18.4 Å². The molecule has 27 heavy (non-hydrogen) atoms. The van der Waals surface area contributed by atoms with E-state index in [4.69, 9.17) is 0 Å². The number of carbonyl (C=O) groups is 1. The quantitative estimate of drug-likeness (QED) is 0.668. The molecule has 1 aromatic carbocycles. The molecule has 0 spiro atoms. The Morgan fingerprint density at radius 3 is 2.74 bits per heavy atom. The highest BCUT2D eigenvalue weighted by molar-refractivity contribution is 5.87. The van der Waals surface area contributed by atoms with E-state index in [1.54, 1.807) is 6.07 Å². The topological polar surface area (TPSA) is 40.9 Å². The first kappa shape index (κ1) is 18.5. The summed E-state index contributed by atoms with van der Waals surface area (Å²) < 4.78 is 38.3. The van der Waals surface area contributed by atoms with Gasteiger partial charge in [-0.25, -0.2) is 0 Å². The zero-order valence-electron chi connectivity index (χ0n) is 15.5. The Morgan fingerprint density at radius 1 is 1.26 bits per heavy atom. The third kappa shape index (κ3) is 3.07. The molecule has 144 valence electrons. The molecule has 5 atom stereocenters. The van der Waals surface area contributed by atoms with Crippen molar-refractivity contribution in [1.29, 1.82) is 5.26 Å². The monoisotopic (exact) mass is 375 g/mol. The van der Waals surface area contributed by atoms with Crippen LogP contribution in [0.25, 0.3) is 0 Å². The normalized spacial score (nSPS) is 33.6. The summed E-state index contributed by atoms with van der Waals surface area (Å²) in [4.78, 5) is 12.4. The second kappa shape index (κ2) is 6.36. The molecule has 5 heteroatoms. The third-order valence-corrected chi connectivity index (χ3v) is 7.45. The largest absolute Gasteiger partial charge is 0.390 e. The molecule has 0 saturated heterocycles. The van der Waals surface area contributed by atoms with Crippen molar-refractivity contribution in [2.45, 2.75) is 69.9 Å². The van der Waals surface area contributed by atoms with Crippen LogP contribution in [0.4, 0.5) is 13.2 Å². The summed E-state index contributed by atoms with van der Waals surface area (Å²) in [6.45, 7) is 2.14. The van der Waals surface area contributed by atoms with Crippen LogP contribution in [0.3, 0.4) is 0 Å². The molecule has 0 radical (unpaired) electrons. The average Bonchev–Trinajstić information content (AvgIpc) is 2.93. The zero-order valence-corrected chi connectivity index (χ0v) is 15.5. The number of carbonyl (C=O) groups excluding carboxylic acids is 1. The summed E-state index contributed by atoms with van der Waals surface area (Å²) >= 11 is 0. The van der Waals surface area contributed by atoms with Crippen LogP contribution in [-0.2, 0) is 11.2 Å². The number of halogens is 3. The van der Waals surface area contributed by atoms with Gasteiger partial charge < -0.3 is 0 Å². The predicted octanol–water partition coefficient (Wildman–Crippen LogP) is 5.67. The lowest BCUT2D eigenvalue weighted by atomic mass is 9.55. The molecular weight excluding hydrogens is 351 g/mol. The second-order valence-electron chi connectivity index (χ2n) is 8.79. The molecule has 0 heterocycles. The number of Topliss-reactive ketones (excluding diaryl/α,β-unsaturated/α-hetero) is 1. The van der Waals surface area contributed by atoms with E-state index in [-0.39, 0.29) is 5.41 Å². The van der Waals surface area contributed by atoms with Crippen molar-refractivity contribution < 1.29 is 18.0 Å². The molecule has 0 aliphatic heterocycles. The van der Waals surface area contributed by atoms with Gasteiger partial charge in [0.25, 0.3) is 0 Å². The number of ketones is 1. The SMILES string of the molecule is C[C@]12CC[C@@H]3c4ccc([C@@H](C#N)CC(F)(F)F)cc4CC[C@H]3C1CCC2=O. The van der Waals surface area contributed by atoms with Gasteiger partial charge in [-0.05, 0) is 66.5 Å². The molecule has 4 rings (SSSR count). The summed E-state index contributed by atoms with van der Waals surface area (Å²) in [5, 5.41) is 9.21. The minimum atomic E-state index is -4.34. The molecule has 3 aliphatic carbocycles. The fourth-order valence-electron chi connectivity index (χ4n) is 6.06. The summed E-state index contributed by atoms with van der Waals surface area (Å²) in [5.41, 5.74) is 2.64. The minimum absolute atomic E-state index is 0.169. The van der Waals surface area contributed by atoms with Crippen LogP contribution in [0.2, 0.25) is 0 Å². The Kier molecular flexibility index (Phi) is 4.36. The van der Waals surface area contributed by atoms with E-state index < -0.39 is 18.5 Å². The number of alkyl halides is 3. The smallest absolute Gasteiger partial charge is 0.299 e. The van der Waals surface area contributed by atoms with Crippen LogP contribution in [-0.4, -0.2) is 12.0 Å². The van der Waals surface area contributed by atoms with Gasteiger partial charge in [0.1, 0.15) is 5.78 Å². The van der Waals surface area contributed by atoms with Crippen LogP contribution in [0.15, 0.2) is 18.2 Å². The van der Waals surface area contributed by atoms with Gasteiger partial charge in [-0.1, -0.05) is 25.1 Å². The maximum Gasteiger partial charge on any atom is 0.390 e. The van der Waals surface area contributed by atoms with E-state index in [1.165, 1.54) is 5.56 Å². The van der Waals surface area contributed by atoms with Gasteiger partial charge in [-0.3, -0.25) is 4.79 Å². The van der Waals surface area contributed by atoms with E-state index in [0.717, 1.165) is 37.7 Å². The van der Waals surface area contributed by atoms with Crippen LogP contribution in [0.5, 0.6) is 0 Å². The van der Waals surface area contributed by atoms with Gasteiger partial charge in [-0.15, -0.1) is 0 Å². The van der Waals surface area contributed by atoms with Gasteiger partial charge in [0.05, 0.1) is 18.4 Å². The fourth-order valence-corrected chi connectivity index (χ4v) is 6.06. The van der Waals surface area contributed by atoms with Crippen LogP contribution >= 0.6 is 0 Å². The molecule has 0 N–H and O–H groups in total. The summed E-state index contributed by atoms with van der Waals surface area (Å²) in [5.74, 6) is 0.602. The second-order valence-corrected chi connectivity index (χ2v) is 8.79. The highest BCUT2D eigenvalue weighted by Crippen LogP contribution is 2.59. The Hall–Kier alpha value is -1.83. The Labute approximate surface area is 157 Å². The lowest BCUT2D eigenvalue weighted by Crippen LogP contribution is -2.42. The van der Waals surface area contributed by atoms with Crippen LogP contribution < -0.4 is 0 Å². The van der Waals surface area contributed by atoms with Crippen molar-refractivity contribution in [3.63, 3.8) is 0 Å². The van der Waals surface area contributed by atoms with Crippen molar-refractivity contribution in [2.24, 2.45) is 17.3 Å². The number of nitriles is 1. The maximum atomic E-state index is 12.8. The Balaban J connectivity index is 1.61. The fraction of sp³-hybridized carbons (Fsp3) is 0.636. The number of hydrogen-bond acceptors (Lipinski definition) is 2. The van der Waals surface area contributed by atoms with Gasteiger partial charge in [0, 0.05) is 11.8 Å². The first-order chi connectivity index (χ1) is 12.7. The van der Waals surface area contributed by atoms with Crippen molar-refractivity contribution in [3.05, 3.63) is 34.9 Å². The molecule has 2 fully saturated rings. The summed E-state index contributed by atoms with van der Waals surface area (Å²) in [6, 6.07) is 7.33. The minimum Gasteiger partial charge on any atom is -0.299 e. The molecule has 2 saturated carbocycles. The Bertz CT molecular complexity index is 809. The van der Waals surface area contributed by atoms with Crippen molar-refractivity contribution in [1.82, 2.24) is 0 Å². The number of rotatable bonds is 2. The number of hydrogen-bond donors (Lipinski definition) is 0. The predicted molar refractivity (Wildman–Crippen MR) is 95.1 cm³/mol. The highest BCUT2D eigenvalue weighted by Gasteiger charge is 2.54. The standard InChI is InChI=1S/C22H24F3NO/c1-21-9-8-17-16-4-2-13(15(12-26)11-22(23,24)25)10-14(16)3-5-18(17)19(21)6-7-20(21)27/h2,4,10,15,17-19H,3,5-9,11H2,1H3/t15-,17-,18-,19?,21+/m1/s1. The van der Waals surface area contributed by atoms with E-state index >= 15 is 0 Å². The molecule has 3 aliphatic rings. The van der Waals surface area contributed by atoms with E-state index in [1.807, 2.05) is 18.2 Å². The molecule has 0 aromatic heterocycles. The van der Waals surface area contributed by atoms with Crippen LogP contribution in [0, 0.1) is 28.6 Å². The van der Waals surface area contributed by atoms with E-state index in [9.17, 15) is 23.2 Å². The lowest BCUT2D eigenvalue weighted by Gasteiger charge is -2.48. The van der Waals surface area contributed by atoms with Gasteiger partial charge >= 0.3 is 6.18 Å². The summed E-state index contributed by atoms with van der Waals surface area (Å²) in [7, 11) is 0. The first-order valence-corrected chi connectivity index (χ1v) is 9.85. The average molecular weight is 375 g/mol. The van der Waals surface area contributed by atoms with E-state index in [2.05, 4.69) is 6.92 Å². The lowest BCUT2D eigenvalue weighted by molar-refractivity contribution is -0.136. The number of nitrogens with zero attached hydrogens (tertiary/aromatic N) is 1. The maximum absolute atomic E-state index is 12.8. The van der Waals surface area contributed by atoms with Gasteiger partial charge in [0.15, 0.2) is 0 Å². The highest BCUT2D eigenvalue weighted by atomic mass is 19.4. The third-order valence-electron chi connectivity index (χ3n) is 7.45. The number of fused-ring (bicyclic) bond motifs is 5. The molecule has 0 bridgehead atoms. The molecule has 1 aromatic rings. The molecular formula is C22H24F3NO. The number of aryl methyl sites for hydroxylation is 1. The Morgan fingerprint density at radius 2 is 2.04 bits per heavy atom. The van der Waals surface area contributed by atoms with Crippen molar-refractivity contribution >= 4 is 5.78 Å². The van der Waals surface area contributed by atoms with Crippen LogP contribution in [0.1, 0.15) is 74.0 Å².